The van der Waals surface area contributed by atoms with Crippen molar-refractivity contribution in [1.82, 2.24) is 0 Å². The smallest absolute Gasteiger partial charge is 0.475 e. The van der Waals surface area contributed by atoms with Gasteiger partial charge in [-0.25, -0.2) is 9.36 Å². The highest BCUT2D eigenvalue weighted by molar-refractivity contribution is 7.48. The van der Waals surface area contributed by atoms with Crippen LogP contribution in [0.15, 0.2) is 109 Å². The van der Waals surface area contributed by atoms with Crippen LogP contribution >= 0.6 is 7.82 Å². The molecule has 0 aromatic heterocycles. The average Bonchev–Trinajstić information content (AvgIpc) is 3.51. The van der Waals surface area contributed by atoms with Crippen molar-refractivity contribution in [2.75, 3.05) is 82.6 Å². The van der Waals surface area contributed by atoms with Crippen LogP contribution in [0.3, 0.4) is 0 Å². The molecular weight excluding hydrogens is 735 g/mol. The number of nitrogens with zero attached hydrogens (tertiary/aromatic N) is 4. The first-order valence-corrected chi connectivity index (χ1v) is 19.7. The molecule has 0 bridgehead atoms. The average molecular weight is 789 g/mol. The van der Waals surface area contributed by atoms with E-state index in [1.54, 1.807) is 0 Å². The minimum Gasteiger partial charge on any atom is -0.485 e. The summed E-state index contributed by atoms with van der Waals surface area (Å²) in [6.07, 6.45) is -2.78. The van der Waals surface area contributed by atoms with Crippen LogP contribution in [-0.2, 0) is 63.6 Å². The first-order chi connectivity index (χ1) is 26.7. The number of benzene rings is 4. The van der Waals surface area contributed by atoms with Crippen molar-refractivity contribution in [1.29, 1.82) is 0 Å². The van der Waals surface area contributed by atoms with Crippen molar-refractivity contribution in [3.63, 3.8) is 0 Å². The van der Waals surface area contributed by atoms with E-state index in [1.807, 2.05) is 173 Å². The van der Waals surface area contributed by atoms with Crippen LogP contribution in [-0.4, -0.2) is 86.3 Å². The first kappa shape index (κ1) is 42.1. The van der Waals surface area contributed by atoms with E-state index < -0.39 is 32.6 Å². The molecule has 0 aliphatic carbocycles. The number of hydrogen-bond donors (Lipinski definition) is 1. The second kappa shape index (κ2) is 19.2. The van der Waals surface area contributed by atoms with Gasteiger partial charge in [-0.2, -0.15) is 0 Å². The maximum Gasteiger partial charge on any atom is 0.475 e. The molecule has 0 saturated heterocycles. The van der Waals surface area contributed by atoms with E-state index in [1.165, 1.54) is 0 Å². The molecule has 300 valence electrons. The van der Waals surface area contributed by atoms with Crippen molar-refractivity contribution in [3.05, 3.63) is 131 Å². The summed E-state index contributed by atoms with van der Waals surface area (Å²) < 4.78 is 50.5. The Labute approximate surface area is 330 Å². The Hall–Kier alpha value is -5.04. The van der Waals surface area contributed by atoms with Gasteiger partial charge in [0.1, 0.15) is 19.3 Å². The van der Waals surface area contributed by atoms with Crippen molar-refractivity contribution in [2.24, 2.45) is 0 Å². The number of carbonyl (C=O) groups is 1. The Morgan fingerprint density at radius 1 is 0.571 bits per heavy atom. The zero-order chi connectivity index (χ0) is 40.4. The van der Waals surface area contributed by atoms with Crippen molar-refractivity contribution in [3.8, 4) is 0 Å². The third kappa shape index (κ3) is 11.3. The van der Waals surface area contributed by atoms with E-state index in [0.717, 1.165) is 33.9 Å². The van der Waals surface area contributed by atoms with Gasteiger partial charge in [0, 0.05) is 79.1 Å². The molecule has 56 heavy (non-hydrogen) atoms. The number of aliphatic hydroxyl groups excluding tert-OH is 1. The number of hydrogen-bond acceptors (Lipinski definition) is 13. The van der Waals surface area contributed by atoms with Gasteiger partial charge in [-0.05, 0) is 70.8 Å². The molecule has 0 fully saturated rings. The monoisotopic (exact) mass is 788 g/mol. The Kier molecular flexibility index (Phi) is 14.4. The van der Waals surface area contributed by atoms with Crippen LogP contribution in [0.5, 0.6) is 0 Å². The number of rotatable bonds is 20. The molecule has 5 rings (SSSR count). The maximum absolute atomic E-state index is 14.5. The number of phosphoric acid groups is 1. The normalized spacial score (nSPS) is 14.7. The molecule has 1 aliphatic rings. The Morgan fingerprint density at radius 3 is 1.25 bits per heavy atom. The highest BCUT2D eigenvalue weighted by Gasteiger charge is 2.46. The predicted octanol–water partition coefficient (Wildman–Crippen LogP) is 6.74. The van der Waals surface area contributed by atoms with E-state index in [2.05, 4.69) is 0 Å². The number of phosphoric ester groups is 1. The molecule has 0 unspecified atom stereocenters. The summed E-state index contributed by atoms with van der Waals surface area (Å²) in [5.74, 6) is -1.02. The predicted molar refractivity (Wildman–Crippen MR) is 219 cm³/mol. The molecule has 4 aromatic rings. The molecule has 14 heteroatoms. The van der Waals surface area contributed by atoms with E-state index in [9.17, 15) is 14.5 Å². The minimum atomic E-state index is -4.47. The third-order valence-electron chi connectivity index (χ3n) is 9.05. The van der Waals surface area contributed by atoms with Gasteiger partial charge in [-0.1, -0.05) is 48.5 Å². The van der Waals surface area contributed by atoms with Crippen LogP contribution in [0.4, 0.5) is 22.7 Å². The summed E-state index contributed by atoms with van der Waals surface area (Å²) in [7, 11) is 11.1. The zero-order valence-electron chi connectivity index (χ0n) is 33.4. The number of carbonyl (C=O) groups excluding carboxylic acids is 1. The number of ether oxygens (including phenoxy) is 3. The summed E-state index contributed by atoms with van der Waals surface area (Å²) >= 11 is 0. The lowest BCUT2D eigenvalue weighted by atomic mass is 10.1. The molecule has 1 N–H and O–H groups in total. The van der Waals surface area contributed by atoms with Gasteiger partial charge in [-0.3, -0.25) is 13.6 Å². The maximum atomic E-state index is 14.5. The van der Waals surface area contributed by atoms with Gasteiger partial charge in [0.15, 0.2) is 11.9 Å². The molecule has 1 aliphatic heterocycles. The van der Waals surface area contributed by atoms with Gasteiger partial charge < -0.3 is 38.9 Å². The summed E-state index contributed by atoms with van der Waals surface area (Å²) in [5.41, 5.74) is 6.99. The number of cyclic esters (lactones) is 1. The number of esters is 1. The number of anilines is 4. The van der Waals surface area contributed by atoms with E-state index in [-0.39, 0.29) is 37.9 Å². The molecular formula is C42H53N4O9P. The van der Waals surface area contributed by atoms with Crippen LogP contribution in [0, 0.1) is 0 Å². The van der Waals surface area contributed by atoms with Gasteiger partial charge >= 0.3 is 13.8 Å². The fraction of sp³-hybridized carbons (Fsp3) is 0.357. The van der Waals surface area contributed by atoms with Crippen molar-refractivity contribution in [2.45, 2.75) is 38.6 Å². The largest absolute Gasteiger partial charge is 0.485 e. The van der Waals surface area contributed by atoms with Gasteiger partial charge in [0.25, 0.3) is 0 Å². The SMILES string of the molecule is CN(C)c1ccc(COC2=C(OCc3ccc(N(C)C)cc3)[C@@H]([C@H](CO)OP(=O)(OCc3ccc(N(C)C)cc3)OCc3ccc(N(C)C)cc3)OC2=O)cc1. The summed E-state index contributed by atoms with van der Waals surface area (Å²) in [6.45, 7) is -0.918. The molecule has 2 atom stereocenters. The lowest BCUT2D eigenvalue weighted by Gasteiger charge is -2.27. The molecule has 0 radical (unpaired) electrons. The quantitative estimate of drug-likeness (QED) is 0.0753. The molecule has 0 saturated carbocycles. The Bertz CT molecular complexity index is 1890. The van der Waals surface area contributed by atoms with Crippen molar-refractivity contribution < 1.29 is 42.2 Å². The van der Waals surface area contributed by atoms with E-state index >= 15 is 0 Å². The lowest BCUT2D eigenvalue weighted by Crippen LogP contribution is -2.35. The fourth-order valence-corrected chi connectivity index (χ4v) is 6.93. The minimum absolute atomic E-state index is 0.0132. The summed E-state index contributed by atoms with van der Waals surface area (Å²) in [4.78, 5) is 21.4. The van der Waals surface area contributed by atoms with Crippen LogP contribution in [0.2, 0.25) is 0 Å². The van der Waals surface area contributed by atoms with Crippen LogP contribution in [0.1, 0.15) is 22.3 Å². The molecule has 4 aromatic carbocycles. The molecule has 13 nitrogen and oxygen atoms in total. The highest BCUT2D eigenvalue weighted by atomic mass is 31.2. The van der Waals surface area contributed by atoms with E-state index in [0.29, 0.717) is 11.1 Å². The topological polar surface area (TPSA) is 123 Å². The highest BCUT2D eigenvalue weighted by Crippen LogP contribution is 2.53. The van der Waals surface area contributed by atoms with Gasteiger partial charge in [-0.15, -0.1) is 0 Å². The second-order valence-corrected chi connectivity index (χ2v) is 15.8. The van der Waals surface area contributed by atoms with Gasteiger partial charge in [0.2, 0.25) is 5.76 Å². The summed E-state index contributed by atoms with van der Waals surface area (Å²) in [5, 5.41) is 10.7. The molecule has 0 spiro atoms. The van der Waals surface area contributed by atoms with Crippen LogP contribution in [0.25, 0.3) is 0 Å². The molecule has 1 heterocycles. The third-order valence-corrected chi connectivity index (χ3v) is 10.5. The lowest BCUT2D eigenvalue weighted by molar-refractivity contribution is -0.148. The summed E-state index contributed by atoms with van der Waals surface area (Å²) in [6, 6.07) is 30.4. The number of aliphatic hydroxyl groups is 1. The second-order valence-electron chi connectivity index (χ2n) is 14.2. The zero-order valence-corrected chi connectivity index (χ0v) is 34.3. The fourth-order valence-electron chi connectivity index (χ4n) is 5.61. The van der Waals surface area contributed by atoms with Crippen molar-refractivity contribution >= 4 is 36.5 Å². The Balaban J connectivity index is 1.41. The van der Waals surface area contributed by atoms with Crippen LogP contribution < -0.4 is 19.6 Å². The van der Waals surface area contributed by atoms with Gasteiger partial charge in [0.05, 0.1) is 19.8 Å². The standard InChI is InChI=1S/C42H53N4O9P/c1-43(2)34-17-9-30(10-18-34)26-50-40-39(54-42(48)41(40)51-27-31-11-19-35(20-12-31)44(3)4)38(25-47)55-56(49,52-28-32-13-21-36(22-14-32)45(5)6)53-29-33-15-23-37(24-16-33)46(7)8/h9-24,38-39,47H,25-29H2,1-8H3/t38-,39+/m0/s1. The molecule has 0 amide bonds. The first-order valence-electron chi connectivity index (χ1n) is 18.2. The van der Waals surface area contributed by atoms with E-state index in [4.69, 9.17) is 27.8 Å². The Morgan fingerprint density at radius 2 is 0.911 bits per heavy atom.